The fraction of sp³-hybridized carbons (Fsp3) is 0.800. The lowest BCUT2D eigenvalue weighted by atomic mass is 9.89. The number of rotatable bonds is 5. The van der Waals surface area contributed by atoms with Gasteiger partial charge >= 0.3 is 0 Å². The zero-order valence-corrected chi connectivity index (χ0v) is 7.69. The van der Waals surface area contributed by atoms with Crippen LogP contribution in [0, 0.1) is 23.7 Å². The van der Waals surface area contributed by atoms with Gasteiger partial charge in [-0.1, -0.05) is 32.6 Å². The van der Waals surface area contributed by atoms with Gasteiger partial charge in [0, 0.05) is 0 Å². The van der Waals surface area contributed by atoms with Crippen molar-refractivity contribution in [2.75, 3.05) is 0 Å². The molecule has 0 aromatic heterocycles. The summed E-state index contributed by atoms with van der Waals surface area (Å²) in [7, 11) is 0. The summed E-state index contributed by atoms with van der Waals surface area (Å²) in [6.07, 6.45) is 5.84. The minimum absolute atomic E-state index is 0.353. The summed E-state index contributed by atoms with van der Waals surface area (Å²) in [5.74, 6) is 0. The van der Waals surface area contributed by atoms with E-state index in [9.17, 15) is 0 Å². The fourth-order valence-corrected chi connectivity index (χ4v) is 0.998. The van der Waals surface area contributed by atoms with Crippen LogP contribution >= 0.6 is 0 Å². The number of hydrogen-bond donors (Lipinski definition) is 0. The number of nitrogens with zero attached hydrogens (tertiary/aromatic N) is 1. The Morgan fingerprint density at radius 3 is 2.45 bits per heavy atom. The molecule has 1 unspecified atom stereocenters. The van der Waals surface area contributed by atoms with Crippen LogP contribution in [0.1, 0.15) is 46.0 Å². The lowest BCUT2D eigenvalue weighted by molar-refractivity contribution is 0.468. The zero-order valence-electron chi connectivity index (χ0n) is 7.69. The van der Waals surface area contributed by atoms with Gasteiger partial charge in [0.2, 0.25) is 0 Å². The molecule has 0 aromatic rings. The van der Waals surface area contributed by atoms with Gasteiger partial charge in [-0.15, -0.1) is 0 Å². The lowest BCUT2D eigenvalue weighted by Crippen LogP contribution is -2.07. The molecule has 0 fully saturated rings. The maximum atomic E-state index is 8.64. The molecule has 0 saturated carbocycles. The monoisotopic (exact) mass is 152 g/mol. The van der Waals surface area contributed by atoms with Crippen LogP contribution in [0.4, 0.5) is 0 Å². The molecule has 0 aliphatic carbocycles. The summed E-state index contributed by atoms with van der Waals surface area (Å²) in [4.78, 5) is 0. The molecule has 0 aromatic carbocycles. The minimum atomic E-state index is -0.353. The summed E-state index contributed by atoms with van der Waals surface area (Å²) in [6.45, 7) is 7.91. The van der Waals surface area contributed by atoms with Gasteiger partial charge in [0.25, 0.3) is 0 Å². The second kappa shape index (κ2) is 5.18. The molecule has 0 aliphatic heterocycles. The predicted octanol–water partition coefficient (Wildman–Crippen LogP) is 3.32. The SMILES string of the molecule is [CH2]C(C)(C#N)CCCCCC. The Morgan fingerprint density at radius 1 is 1.36 bits per heavy atom. The first-order valence-corrected chi connectivity index (χ1v) is 4.39. The Morgan fingerprint density at radius 2 is 2.00 bits per heavy atom. The van der Waals surface area contributed by atoms with Gasteiger partial charge in [0.05, 0.1) is 11.5 Å². The van der Waals surface area contributed by atoms with E-state index in [4.69, 9.17) is 5.26 Å². The largest absolute Gasteiger partial charge is 0.198 e. The molecular formula is C10H18N. The summed E-state index contributed by atoms with van der Waals surface area (Å²) in [6, 6.07) is 2.21. The summed E-state index contributed by atoms with van der Waals surface area (Å²) < 4.78 is 0. The third kappa shape index (κ3) is 5.91. The van der Waals surface area contributed by atoms with Crippen LogP contribution in [0.2, 0.25) is 0 Å². The van der Waals surface area contributed by atoms with Gasteiger partial charge in [-0.3, -0.25) is 0 Å². The predicted molar refractivity (Wildman–Crippen MR) is 47.8 cm³/mol. The van der Waals surface area contributed by atoms with Gasteiger partial charge in [-0.2, -0.15) is 5.26 Å². The van der Waals surface area contributed by atoms with E-state index in [0.29, 0.717) is 0 Å². The van der Waals surface area contributed by atoms with Crippen molar-refractivity contribution in [2.45, 2.75) is 46.0 Å². The van der Waals surface area contributed by atoms with Crippen LogP contribution in [-0.4, -0.2) is 0 Å². The molecule has 1 atom stereocenters. The third-order valence-corrected chi connectivity index (χ3v) is 1.85. The number of unbranched alkanes of at least 4 members (excludes halogenated alkanes) is 3. The molecule has 1 radical (unpaired) electrons. The van der Waals surface area contributed by atoms with Crippen LogP contribution in [0.15, 0.2) is 0 Å². The maximum absolute atomic E-state index is 8.64. The van der Waals surface area contributed by atoms with Gasteiger partial charge < -0.3 is 0 Å². The normalized spacial score (nSPS) is 11.1. The molecule has 0 aliphatic rings. The van der Waals surface area contributed by atoms with Crippen LogP contribution in [0.5, 0.6) is 0 Å². The minimum Gasteiger partial charge on any atom is -0.198 e. The lowest BCUT2D eigenvalue weighted by Gasteiger charge is -2.13. The molecule has 0 heterocycles. The van der Waals surface area contributed by atoms with Crippen LogP contribution in [0.25, 0.3) is 0 Å². The molecule has 0 bridgehead atoms. The van der Waals surface area contributed by atoms with Gasteiger partial charge in [-0.25, -0.2) is 0 Å². The molecule has 0 spiro atoms. The van der Waals surface area contributed by atoms with E-state index in [1.165, 1.54) is 19.3 Å². The van der Waals surface area contributed by atoms with Crippen molar-refractivity contribution in [3.05, 3.63) is 6.92 Å². The van der Waals surface area contributed by atoms with E-state index in [1.807, 2.05) is 6.92 Å². The Balaban J connectivity index is 3.32. The van der Waals surface area contributed by atoms with Crippen molar-refractivity contribution >= 4 is 0 Å². The molecule has 11 heavy (non-hydrogen) atoms. The van der Waals surface area contributed by atoms with Crippen molar-refractivity contribution in [1.29, 1.82) is 5.26 Å². The van der Waals surface area contributed by atoms with E-state index in [-0.39, 0.29) is 5.41 Å². The number of hydrogen-bond acceptors (Lipinski definition) is 1. The second-order valence-electron chi connectivity index (χ2n) is 3.48. The highest BCUT2D eigenvalue weighted by Crippen LogP contribution is 2.21. The maximum Gasteiger partial charge on any atom is 0.0686 e. The van der Waals surface area contributed by atoms with Crippen LogP contribution in [0.3, 0.4) is 0 Å². The first-order chi connectivity index (χ1) is 5.12. The highest BCUT2D eigenvalue weighted by molar-refractivity contribution is 4.97. The Kier molecular flexibility index (Phi) is 4.94. The first-order valence-electron chi connectivity index (χ1n) is 4.39. The summed E-state index contributed by atoms with van der Waals surface area (Å²) in [5.41, 5.74) is -0.353. The van der Waals surface area contributed by atoms with Crippen molar-refractivity contribution in [3.8, 4) is 6.07 Å². The molecule has 1 nitrogen and oxygen atoms in total. The van der Waals surface area contributed by atoms with Gasteiger partial charge in [0.15, 0.2) is 0 Å². The molecule has 0 amide bonds. The molecule has 0 N–H and O–H groups in total. The second-order valence-corrected chi connectivity index (χ2v) is 3.48. The third-order valence-electron chi connectivity index (χ3n) is 1.85. The molecule has 0 rings (SSSR count). The smallest absolute Gasteiger partial charge is 0.0686 e. The molecule has 0 saturated heterocycles. The van der Waals surface area contributed by atoms with Crippen LogP contribution in [-0.2, 0) is 0 Å². The topological polar surface area (TPSA) is 23.8 Å². The van der Waals surface area contributed by atoms with Crippen molar-refractivity contribution < 1.29 is 0 Å². The van der Waals surface area contributed by atoms with Crippen molar-refractivity contribution in [1.82, 2.24) is 0 Å². The highest BCUT2D eigenvalue weighted by Gasteiger charge is 2.15. The molecule has 63 valence electrons. The van der Waals surface area contributed by atoms with E-state index in [0.717, 1.165) is 12.8 Å². The Hall–Kier alpha value is -0.510. The van der Waals surface area contributed by atoms with E-state index in [1.54, 1.807) is 0 Å². The van der Waals surface area contributed by atoms with Gasteiger partial charge in [-0.05, 0) is 20.3 Å². The Bertz CT molecular complexity index is 130. The van der Waals surface area contributed by atoms with E-state index < -0.39 is 0 Å². The van der Waals surface area contributed by atoms with Gasteiger partial charge in [0.1, 0.15) is 0 Å². The quantitative estimate of drug-likeness (QED) is 0.554. The molecule has 1 heteroatoms. The highest BCUT2D eigenvalue weighted by atomic mass is 14.3. The summed E-state index contributed by atoms with van der Waals surface area (Å²) >= 11 is 0. The molecular weight excluding hydrogens is 134 g/mol. The van der Waals surface area contributed by atoms with Crippen molar-refractivity contribution in [2.24, 2.45) is 5.41 Å². The fourth-order valence-electron chi connectivity index (χ4n) is 0.998. The van der Waals surface area contributed by atoms with E-state index in [2.05, 4.69) is 19.9 Å². The number of nitriles is 1. The standard InChI is InChI=1S/C10H18N/c1-4-5-6-7-8-10(2,3)9-11/h2,4-8H2,1,3H3. The zero-order chi connectivity index (χ0) is 8.74. The van der Waals surface area contributed by atoms with E-state index >= 15 is 0 Å². The average molecular weight is 152 g/mol. The Labute approximate surface area is 70.4 Å². The van der Waals surface area contributed by atoms with Crippen molar-refractivity contribution in [3.63, 3.8) is 0 Å². The first kappa shape index (κ1) is 10.5. The average Bonchev–Trinajstić information content (AvgIpc) is 1.99. The van der Waals surface area contributed by atoms with Crippen LogP contribution < -0.4 is 0 Å². The summed E-state index contributed by atoms with van der Waals surface area (Å²) in [5, 5.41) is 8.64.